The molecule has 10 heteroatoms. The fraction of sp³-hybridized carbons (Fsp3) is 0.240. The quantitative estimate of drug-likeness (QED) is 0.325. The molecule has 2 aliphatic rings. The van der Waals surface area contributed by atoms with Crippen molar-refractivity contribution in [3.8, 4) is 40.2 Å². The Morgan fingerprint density at radius 2 is 1.66 bits per heavy atom. The van der Waals surface area contributed by atoms with Crippen molar-refractivity contribution in [2.24, 2.45) is 0 Å². The van der Waals surface area contributed by atoms with Crippen LogP contribution >= 0.6 is 0 Å². The number of carbonyl (C=O) groups is 1. The molecule has 2 aliphatic heterocycles. The summed E-state index contributed by atoms with van der Waals surface area (Å²) in [5, 5.41) is 61.5. The molecule has 3 aromatic rings. The summed E-state index contributed by atoms with van der Waals surface area (Å²) < 4.78 is 17.0. The largest absolute Gasteiger partial charge is 0.508 e. The number of aliphatic hydroxyl groups is 2. The van der Waals surface area contributed by atoms with Crippen LogP contribution in [0.25, 0.3) is 0 Å². The van der Waals surface area contributed by atoms with Crippen molar-refractivity contribution < 1.29 is 49.6 Å². The number of carbonyl (C=O) groups excluding carboxylic acids is 1. The van der Waals surface area contributed by atoms with Crippen LogP contribution in [-0.4, -0.2) is 56.2 Å². The molecule has 0 saturated heterocycles. The van der Waals surface area contributed by atoms with Crippen LogP contribution in [0.5, 0.6) is 40.2 Å². The third kappa shape index (κ3) is 3.46. The zero-order chi connectivity index (χ0) is 25.0. The number of benzene rings is 3. The molecule has 35 heavy (non-hydrogen) atoms. The molecule has 0 saturated carbocycles. The number of hydrogen-bond donors (Lipinski definition) is 6. The van der Waals surface area contributed by atoms with Crippen molar-refractivity contribution in [1.82, 2.24) is 0 Å². The Labute approximate surface area is 198 Å². The fourth-order valence-electron chi connectivity index (χ4n) is 4.72. The Bertz CT molecular complexity index is 1330. The lowest BCUT2D eigenvalue weighted by molar-refractivity contribution is 0.0206. The monoisotopic (exact) mass is 482 g/mol. The zero-order valence-electron chi connectivity index (χ0n) is 18.4. The van der Waals surface area contributed by atoms with E-state index in [1.54, 1.807) is 12.1 Å². The van der Waals surface area contributed by atoms with E-state index in [-0.39, 0.29) is 45.6 Å². The van der Waals surface area contributed by atoms with Crippen molar-refractivity contribution in [1.29, 1.82) is 0 Å². The predicted molar refractivity (Wildman–Crippen MR) is 119 cm³/mol. The number of ether oxygens (including phenoxy) is 3. The number of ketones is 1. The van der Waals surface area contributed by atoms with Gasteiger partial charge in [0.1, 0.15) is 28.9 Å². The summed E-state index contributed by atoms with van der Waals surface area (Å²) in [6.45, 7) is -0.424. The van der Waals surface area contributed by atoms with Crippen LogP contribution in [0.15, 0.2) is 42.5 Å². The van der Waals surface area contributed by atoms with Gasteiger partial charge in [-0.1, -0.05) is 12.1 Å². The maximum atomic E-state index is 12.9. The van der Waals surface area contributed by atoms with Gasteiger partial charge in [0.05, 0.1) is 19.6 Å². The lowest BCUT2D eigenvalue weighted by Crippen LogP contribution is -2.37. The van der Waals surface area contributed by atoms with Gasteiger partial charge in [0.2, 0.25) is 5.78 Å². The van der Waals surface area contributed by atoms with Gasteiger partial charge in [0, 0.05) is 23.3 Å². The molecule has 0 unspecified atom stereocenters. The summed E-state index contributed by atoms with van der Waals surface area (Å²) in [5.41, 5.74) is 0.890. The Kier molecular flexibility index (Phi) is 5.34. The van der Waals surface area contributed by atoms with E-state index < -0.39 is 42.4 Å². The standard InChI is InChI=1S/C25H22O10/c1-33-17-6-10(2-4-14(17)28)23-13(9-26)19-12(3-5-15(29)25(19)35-23)24-22(32)21(31)20-16(30)7-11(27)8-18(20)34-24/h2-8,13,22-24,26-30,32H,9H2,1H3/t13-,22+,23-,24+/m0/s1. The number of Topliss-reactive ketones (excluding diaryl/α,β-unsaturated/α-hetero) is 1. The zero-order valence-corrected chi connectivity index (χ0v) is 18.4. The summed E-state index contributed by atoms with van der Waals surface area (Å²) in [6, 6.07) is 9.44. The molecule has 0 radical (unpaired) electrons. The third-order valence-corrected chi connectivity index (χ3v) is 6.35. The van der Waals surface area contributed by atoms with E-state index in [0.717, 1.165) is 12.1 Å². The molecule has 4 atom stereocenters. The summed E-state index contributed by atoms with van der Waals surface area (Å²) >= 11 is 0. The lowest BCUT2D eigenvalue weighted by atomic mass is 9.84. The molecule has 0 bridgehead atoms. The Hall–Kier alpha value is -4.15. The van der Waals surface area contributed by atoms with Gasteiger partial charge < -0.3 is 44.8 Å². The van der Waals surface area contributed by atoms with Crippen molar-refractivity contribution >= 4 is 5.78 Å². The topological polar surface area (TPSA) is 166 Å². The Morgan fingerprint density at radius 1 is 0.914 bits per heavy atom. The van der Waals surface area contributed by atoms with Crippen LogP contribution < -0.4 is 14.2 Å². The summed E-state index contributed by atoms with van der Waals surface area (Å²) in [5.74, 6) is -2.61. The van der Waals surface area contributed by atoms with Crippen LogP contribution in [-0.2, 0) is 0 Å². The van der Waals surface area contributed by atoms with Crippen LogP contribution in [0.4, 0.5) is 0 Å². The van der Waals surface area contributed by atoms with E-state index >= 15 is 0 Å². The average Bonchev–Trinajstić information content (AvgIpc) is 3.22. The maximum Gasteiger partial charge on any atom is 0.202 e. The van der Waals surface area contributed by atoms with Crippen LogP contribution in [0.1, 0.15) is 45.2 Å². The van der Waals surface area contributed by atoms with Crippen molar-refractivity contribution in [3.63, 3.8) is 0 Å². The van der Waals surface area contributed by atoms with Crippen molar-refractivity contribution in [2.75, 3.05) is 13.7 Å². The number of fused-ring (bicyclic) bond motifs is 2. The fourth-order valence-corrected chi connectivity index (χ4v) is 4.72. The van der Waals surface area contributed by atoms with Gasteiger partial charge in [0.15, 0.2) is 35.2 Å². The molecular formula is C25H22O10. The second-order valence-electron chi connectivity index (χ2n) is 8.36. The van der Waals surface area contributed by atoms with Gasteiger partial charge in [-0.2, -0.15) is 0 Å². The molecule has 5 rings (SSSR count). The minimum atomic E-state index is -1.72. The summed E-state index contributed by atoms with van der Waals surface area (Å²) in [7, 11) is 1.39. The summed E-state index contributed by atoms with van der Waals surface area (Å²) in [6.07, 6.45) is -3.80. The van der Waals surface area contributed by atoms with Gasteiger partial charge in [-0.3, -0.25) is 4.79 Å². The van der Waals surface area contributed by atoms with Crippen LogP contribution in [0, 0.1) is 0 Å². The summed E-state index contributed by atoms with van der Waals surface area (Å²) in [4.78, 5) is 12.9. The van der Waals surface area contributed by atoms with E-state index in [0.29, 0.717) is 11.1 Å². The first-order valence-electron chi connectivity index (χ1n) is 10.7. The number of aromatic hydroxyl groups is 4. The van der Waals surface area contributed by atoms with Crippen molar-refractivity contribution in [3.05, 3.63) is 64.7 Å². The predicted octanol–water partition coefficient (Wildman–Crippen LogP) is 2.40. The smallest absolute Gasteiger partial charge is 0.202 e. The van der Waals surface area contributed by atoms with E-state index in [9.17, 15) is 35.4 Å². The SMILES string of the molecule is COc1cc([C@@H]2Oc3c(O)ccc([C@H]4Oc5cc(O)cc(O)c5C(=O)[C@H]4O)c3[C@@H]2CO)ccc1O. The minimum absolute atomic E-state index is 0.0476. The molecular weight excluding hydrogens is 460 g/mol. The number of phenols is 4. The highest BCUT2D eigenvalue weighted by Gasteiger charge is 2.45. The molecule has 10 nitrogen and oxygen atoms in total. The van der Waals surface area contributed by atoms with Gasteiger partial charge in [-0.15, -0.1) is 0 Å². The normalized spacial score (nSPS) is 22.7. The van der Waals surface area contributed by atoms with Gasteiger partial charge >= 0.3 is 0 Å². The second kappa shape index (κ2) is 8.26. The molecule has 182 valence electrons. The first-order chi connectivity index (χ1) is 16.7. The number of methoxy groups -OCH3 is 1. The molecule has 6 N–H and O–H groups in total. The van der Waals surface area contributed by atoms with Crippen LogP contribution in [0.3, 0.4) is 0 Å². The molecule has 0 spiro atoms. The Morgan fingerprint density at radius 3 is 2.37 bits per heavy atom. The highest BCUT2D eigenvalue weighted by Crippen LogP contribution is 2.54. The van der Waals surface area contributed by atoms with E-state index in [2.05, 4.69) is 0 Å². The van der Waals surface area contributed by atoms with Crippen LogP contribution in [0.2, 0.25) is 0 Å². The number of aliphatic hydroxyl groups excluding tert-OH is 2. The highest BCUT2D eigenvalue weighted by atomic mass is 16.5. The highest BCUT2D eigenvalue weighted by molar-refractivity contribution is 6.05. The van der Waals surface area contributed by atoms with E-state index in [1.807, 2.05) is 0 Å². The number of rotatable bonds is 4. The van der Waals surface area contributed by atoms with Gasteiger partial charge in [-0.25, -0.2) is 0 Å². The first kappa shape index (κ1) is 22.6. The van der Waals surface area contributed by atoms with E-state index in [4.69, 9.17) is 14.2 Å². The van der Waals surface area contributed by atoms with Gasteiger partial charge in [0.25, 0.3) is 0 Å². The average molecular weight is 482 g/mol. The van der Waals surface area contributed by atoms with Crippen molar-refractivity contribution in [2.45, 2.75) is 24.2 Å². The van der Waals surface area contributed by atoms with E-state index in [1.165, 1.54) is 25.3 Å². The second-order valence-corrected chi connectivity index (χ2v) is 8.36. The Balaban J connectivity index is 1.61. The maximum absolute atomic E-state index is 12.9. The third-order valence-electron chi connectivity index (χ3n) is 6.35. The molecule has 0 fully saturated rings. The minimum Gasteiger partial charge on any atom is -0.508 e. The molecule has 0 aliphatic carbocycles. The molecule has 0 amide bonds. The first-order valence-corrected chi connectivity index (χ1v) is 10.7. The number of phenolic OH excluding ortho intramolecular Hbond substituents is 4. The number of hydrogen-bond acceptors (Lipinski definition) is 10. The molecule has 3 aromatic carbocycles. The lowest BCUT2D eigenvalue weighted by Gasteiger charge is -2.31. The van der Waals surface area contributed by atoms with Gasteiger partial charge in [-0.05, 0) is 23.8 Å². The molecule has 2 heterocycles. The molecule has 0 aromatic heterocycles.